The number of ether oxygens (including phenoxy) is 1. The smallest absolute Gasteiger partial charge is 0.321 e. The van der Waals surface area contributed by atoms with E-state index in [1.54, 1.807) is 18.2 Å². The fourth-order valence-electron chi connectivity index (χ4n) is 1.57. The Morgan fingerprint density at radius 3 is 2.55 bits per heavy atom. The second-order valence-corrected chi connectivity index (χ2v) is 4.25. The minimum atomic E-state index is -0.446. The molecule has 5 nitrogen and oxygen atoms in total. The van der Waals surface area contributed by atoms with E-state index >= 15 is 0 Å². The maximum atomic E-state index is 11.6. The topological polar surface area (TPSA) is 70.6 Å². The highest BCUT2D eigenvalue weighted by atomic mass is 16.5. The van der Waals surface area contributed by atoms with Crippen molar-refractivity contribution in [3.05, 3.63) is 54.1 Å². The van der Waals surface area contributed by atoms with Crippen molar-refractivity contribution < 1.29 is 14.6 Å². The lowest BCUT2D eigenvalue weighted by molar-refractivity contribution is 0.234. The zero-order valence-electron chi connectivity index (χ0n) is 11.1. The predicted molar refractivity (Wildman–Crippen MR) is 76.9 cm³/mol. The van der Waals surface area contributed by atoms with Crippen molar-refractivity contribution in [3.63, 3.8) is 0 Å². The first-order valence-corrected chi connectivity index (χ1v) is 6.17. The number of hydrogen-bond acceptors (Lipinski definition) is 3. The summed E-state index contributed by atoms with van der Waals surface area (Å²) in [5, 5.41) is 14.6. The number of urea groups is 1. The molecule has 20 heavy (non-hydrogen) atoms. The highest BCUT2D eigenvalue weighted by Crippen LogP contribution is 2.21. The number of para-hydroxylation sites is 2. The summed E-state index contributed by atoms with van der Waals surface area (Å²) in [7, 11) is 0. The third-order valence-electron chi connectivity index (χ3n) is 2.64. The molecule has 0 atom stereocenters. The molecule has 0 aliphatic heterocycles. The molecule has 2 aromatic carbocycles. The molecule has 0 unspecified atom stereocenters. The van der Waals surface area contributed by atoms with E-state index in [2.05, 4.69) is 10.6 Å². The summed E-state index contributed by atoms with van der Waals surface area (Å²) in [6.07, 6.45) is 0. The molecule has 2 amide bonds. The van der Waals surface area contributed by atoms with Crippen LogP contribution in [-0.2, 0) is 0 Å². The van der Waals surface area contributed by atoms with Crippen molar-refractivity contribution in [2.24, 2.45) is 0 Å². The Morgan fingerprint density at radius 1 is 1.15 bits per heavy atom. The Bertz CT molecular complexity index is 582. The predicted octanol–water partition coefficient (Wildman–Crippen LogP) is 2.86. The van der Waals surface area contributed by atoms with Crippen LogP contribution >= 0.6 is 0 Å². The average molecular weight is 272 g/mol. The molecule has 0 aliphatic rings. The van der Waals surface area contributed by atoms with E-state index in [1.807, 2.05) is 31.2 Å². The van der Waals surface area contributed by atoms with Gasteiger partial charge in [-0.3, -0.25) is 0 Å². The summed E-state index contributed by atoms with van der Waals surface area (Å²) in [6, 6.07) is 13.6. The van der Waals surface area contributed by atoms with E-state index in [1.165, 1.54) is 6.07 Å². The maximum absolute atomic E-state index is 11.6. The minimum absolute atomic E-state index is 0.0158. The molecule has 5 heteroatoms. The number of aromatic hydroxyl groups is 1. The fraction of sp³-hybridized carbons (Fsp3) is 0.133. The van der Waals surface area contributed by atoms with E-state index in [0.29, 0.717) is 11.4 Å². The second-order valence-electron chi connectivity index (χ2n) is 4.25. The van der Waals surface area contributed by atoms with E-state index in [9.17, 15) is 9.90 Å². The van der Waals surface area contributed by atoms with Crippen LogP contribution in [0, 0.1) is 6.92 Å². The average Bonchev–Trinajstić information content (AvgIpc) is 2.44. The number of rotatable bonds is 4. The summed E-state index contributed by atoms with van der Waals surface area (Å²) in [5.41, 5.74) is 1.49. The molecule has 0 radical (unpaired) electrons. The third-order valence-corrected chi connectivity index (χ3v) is 2.64. The van der Waals surface area contributed by atoms with Crippen LogP contribution in [0.2, 0.25) is 0 Å². The molecule has 0 bridgehead atoms. The number of hydrogen-bond donors (Lipinski definition) is 3. The highest BCUT2D eigenvalue weighted by molar-refractivity contribution is 5.90. The van der Waals surface area contributed by atoms with Gasteiger partial charge in [0.1, 0.15) is 11.5 Å². The van der Waals surface area contributed by atoms with E-state index < -0.39 is 6.03 Å². The van der Waals surface area contributed by atoms with Crippen LogP contribution in [0.4, 0.5) is 10.5 Å². The van der Waals surface area contributed by atoms with Gasteiger partial charge in [-0.1, -0.05) is 29.8 Å². The van der Waals surface area contributed by atoms with E-state index in [-0.39, 0.29) is 12.5 Å². The Hall–Kier alpha value is -2.69. The Kier molecular flexibility index (Phi) is 4.44. The lowest BCUT2D eigenvalue weighted by Crippen LogP contribution is -2.32. The number of nitrogens with one attached hydrogen (secondary N) is 2. The molecule has 104 valence electrons. The Morgan fingerprint density at radius 2 is 1.85 bits per heavy atom. The van der Waals surface area contributed by atoms with Gasteiger partial charge >= 0.3 is 6.03 Å². The number of benzene rings is 2. The fourth-order valence-corrected chi connectivity index (χ4v) is 1.57. The Labute approximate surface area is 117 Å². The lowest BCUT2D eigenvalue weighted by Gasteiger charge is -2.10. The van der Waals surface area contributed by atoms with Crippen molar-refractivity contribution in [1.82, 2.24) is 5.32 Å². The monoisotopic (exact) mass is 272 g/mol. The first kappa shape index (κ1) is 13.7. The molecule has 0 fully saturated rings. The SMILES string of the molecule is Cc1ccc(OCNC(=O)Nc2ccccc2O)cc1. The van der Waals surface area contributed by atoms with Gasteiger partial charge in [0.05, 0.1) is 5.69 Å². The van der Waals surface area contributed by atoms with Crippen LogP contribution in [0.3, 0.4) is 0 Å². The highest BCUT2D eigenvalue weighted by Gasteiger charge is 2.04. The van der Waals surface area contributed by atoms with E-state index in [0.717, 1.165) is 5.56 Å². The quantitative estimate of drug-likeness (QED) is 0.592. The summed E-state index contributed by atoms with van der Waals surface area (Å²) < 4.78 is 5.37. The minimum Gasteiger partial charge on any atom is -0.506 e. The molecule has 0 aliphatic carbocycles. The van der Waals surface area contributed by atoms with Gasteiger partial charge in [0.15, 0.2) is 6.73 Å². The summed E-state index contributed by atoms with van der Waals surface area (Å²) in [6.45, 7) is 2.03. The molecular weight excluding hydrogens is 256 g/mol. The lowest BCUT2D eigenvalue weighted by atomic mass is 10.2. The van der Waals surface area contributed by atoms with Crippen molar-refractivity contribution in [2.45, 2.75) is 6.92 Å². The molecule has 2 aromatic rings. The second kappa shape index (κ2) is 6.47. The summed E-state index contributed by atoms with van der Waals surface area (Å²) >= 11 is 0. The Balaban J connectivity index is 1.78. The molecule has 3 N–H and O–H groups in total. The van der Waals surface area contributed by atoms with E-state index in [4.69, 9.17) is 4.74 Å². The summed E-state index contributed by atoms with van der Waals surface area (Å²) in [5.74, 6) is 0.695. The zero-order valence-corrected chi connectivity index (χ0v) is 11.1. The molecule has 2 rings (SSSR count). The van der Waals surface area contributed by atoms with Crippen LogP contribution in [0.25, 0.3) is 0 Å². The van der Waals surface area contributed by atoms with Gasteiger partial charge in [-0.05, 0) is 31.2 Å². The van der Waals surface area contributed by atoms with Gasteiger partial charge in [-0.15, -0.1) is 0 Å². The van der Waals surface area contributed by atoms with Gasteiger partial charge in [0.2, 0.25) is 0 Å². The number of anilines is 1. The normalized spacial score (nSPS) is 9.85. The number of carbonyl (C=O) groups excluding carboxylic acids is 1. The zero-order chi connectivity index (χ0) is 14.4. The largest absolute Gasteiger partial charge is 0.506 e. The van der Waals surface area contributed by atoms with Crippen molar-refractivity contribution in [3.8, 4) is 11.5 Å². The number of carbonyl (C=O) groups is 1. The van der Waals surface area contributed by atoms with Crippen LogP contribution in [0.15, 0.2) is 48.5 Å². The number of aryl methyl sites for hydroxylation is 1. The molecule has 0 spiro atoms. The van der Waals surface area contributed by atoms with Crippen molar-refractivity contribution in [1.29, 1.82) is 0 Å². The number of phenolic OH excluding ortho intramolecular Hbond substituents is 1. The van der Waals surface area contributed by atoms with Crippen LogP contribution in [0.1, 0.15) is 5.56 Å². The maximum Gasteiger partial charge on any atom is 0.321 e. The van der Waals surface area contributed by atoms with Crippen molar-refractivity contribution in [2.75, 3.05) is 12.0 Å². The standard InChI is InChI=1S/C15H16N2O3/c1-11-6-8-12(9-7-11)20-10-16-15(19)17-13-4-2-3-5-14(13)18/h2-9,18H,10H2,1H3,(H2,16,17,19). The van der Waals surface area contributed by atoms with Gasteiger partial charge in [0, 0.05) is 0 Å². The van der Waals surface area contributed by atoms with Gasteiger partial charge in [0.25, 0.3) is 0 Å². The summed E-state index contributed by atoms with van der Waals surface area (Å²) in [4.78, 5) is 11.6. The number of amides is 2. The van der Waals surface area contributed by atoms with Gasteiger partial charge < -0.3 is 20.5 Å². The molecule has 0 aromatic heterocycles. The van der Waals surface area contributed by atoms with Crippen LogP contribution in [-0.4, -0.2) is 17.9 Å². The van der Waals surface area contributed by atoms with Gasteiger partial charge in [-0.25, -0.2) is 4.79 Å². The molecule has 0 saturated carbocycles. The molecule has 0 heterocycles. The van der Waals surface area contributed by atoms with Crippen LogP contribution in [0.5, 0.6) is 11.5 Å². The first-order chi connectivity index (χ1) is 9.65. The van der Waals surface area contributed by atoms with Crippen molar-refractivity contribution >= 4 is 11.7 Å². The van der Waals surface area contributed by atoms with Crippen LogP contribution < -0.4 is 15.4 Å². The third kappa shape index (κ3) is 3.91. The molecule has 0 saturated heterocycles. The first-order valence-electron chi connectivity index (χ1n) is 6.17. The molecular formula is C15H16N2O3. The van der Waals surface area contributed by atoms with Gasteiger partial charge in [-0.2, -0.15) is 0 Å². The number of phenols is 1.